The van der Waals surface area contributed by atoms with Gasteiger partial charge >= 0.3 is 5.91 Å². The number of amides is 1. The molecule has 0 N–H and O–H groups in total. The topological polar surface area (TPSA) is 61.3 Å². The number of aryl methyl sites for hydroxylation is 1. The molecule has 0 bridgehead atoms. The molecule has 2 heterocycles. The van der Waals surface area contributed by atoms with E-state index in [-0.39, 0.29) is 10.4 Å². The van der Waals surface area contributed by atoms with Crippen molar-refractivity contribution in [3.8, 4) is 22.8 Å². The molecule has 28 heavy (non-hydrogen) atoms. The van der Waals surface area contributed by atoms with Crippen molar-refractivity contribution in [2.24, 2.45) is 0 Å². The number of benzene rings is 1. The number of hydrogen-bond acceptors (Lipinski definition) is 5. The van der Waals surface area contributed by atoms with E-state index in [1.165, 1.54) is 0 Å². The maximum Gasteiger partial charge on any atom is 0.347 e. The SMILES string of the molecule is C=CC(C)=C(C)C(=O)[N+](C)(C)c1cnc(-c2cc3c(cc2C)OCCO3)cn1. The number of aromatic nitrogens is 2. The Labute approximate surface area is 165 Å². The Bertz CT molecular complexity index is 960. The Morgan fingerprint density at radius 1 is 1.11 bits per heavy atom. The Morgan fingerprint density at radius 2 is 1.75 bits per heavy atom. The molecule has 0 fully saturated rings. The van der Waals surface area contributed by atoms with Crippen molar-refractivity contribution >= 4 is 11.7 Å². The van der Waals surface area contributed by atoms with Crippen molar-refractivity contribution in [2.45, 2.75) is 20.8 Å². The molecule has 0 atom stereocenters. The lowest BCUT2D eigenvalue weighted by Crippen LogP contribution is -2.48. The van der Waals surface area contributed by atoms with Crippen LogP contribution in [-0.4, -0.2) is 43.2 Å². The number of carbonyl (C=O) groups is 1. The van der Waals surface area contributed by atoms with Gasteiger partial charge in [-0.3, -0.25) is 0 Å². The first kappa shape index (κ1) is 19.8. The normalized spacial score (nSPS) is 14.3. The molecule has 1 aromatic carbocycles. The fourth-order valence-electron chi connectivity index (χ4n) is 3.06. The monoisotopic (exact) mass is 380 g/mol. The van der Waals surface area contributed by atoms with Gasteiger partial charge in [0.2, 0.25) is 0 Å². The number of carbonyl (C=O) groups excluding carboxylic acids is 1. The first-order valence-electron chi connectivity index (χ1n) is 9.17. The van der Waals surface area contributed by atoms with Gasteiger partial charge < -0.3 is 9.47 Å². The first-order valence-corrected chi connectivity index (χ1v) is 9.17. The van der Waals surface area contributed by atoms with Gasteiger partial charge in [0, 0.05) is 5.56 Å². The van der Waals surface area contributed by atoms with Crippen LogP contribution >= 0.6 is 0 Å². The summed E-state index contributed by atoms with van der Waals surface area (Å²) in [4.78, 5) is 22.0. The van der Waals surface area contributed by atoms with Crippen molar-refractivity contribution in [1.29, 1.82) is 0 Å². The molecule has 3 rings (SSSR count). The predicted octanol–water partition coefficient (Wildman–Crippen LogP) is 3.84. The third kappa shape index (κ3) is 3.55. The number of nitrogens with zero attached hydrogens (tertiary/aromatic N) is 3. The standard InChI is InChI=1S/C22H26N3O3/c1-7-14(2)16(4)22(26)25(5,6)21-13-23-18(12-24-21)17-11-20-19(10-15(17)3)27-8-9-28-20/h7,10-13H,1,8-9H2,2-6H3/q+1. The lowest BCUT2D eigenvalue weighted by Gasteiger charge is -2.25. The highest BCUT2D eigenvalue weighted by Crippen LogP contribution is 2.36. The van der Waals surface area contributed by atoms with Crippen molar-refractivity contribution in [2.75, 3.05) is 27.3 Å². The van der Waals surface area contributed by atoms with Crippen LogP contribution in [0, 0.1) is 6.92 Å². The Kier molecular flexibility index (Phi) is 5.34. The predicted molar refractivity (Wildman–Crippen MR) is 110 cm³/mol. The summed E-state index contributed by atoms with van der Waals surface area (Å²) in [7, 11) is 3.61. The average Bonchev–Trinajstić information content (AvgIpc) is 2.71. The van der Waals surface area contributed by atoms with Crippen LogP contribution in [0.1, 0.15) is 19.4 Å². The van der Waals surface area contributed by atoms with Crippen LogP contribution in [0.15, 0.2) is 48.3 Å². The summed E-state index contributed by atoms with van der Waals surface area (Å²) in [5, 5.41) is 0. The number of quaternary nitrogens is 1. The van der Waals surface area contributed by atoms with Gasteiger partial charge in [0.15, 0.2) is 11.5 Å². The summed E-state index contributed by atoms with van der Waals surface area (Å²) in [6.07, 6.45) is 5.03. The molecule has 0 spiro atoms. The molecule has 0 radical (unpaired) electrons. The summed E-state index contributed by atoms with van der Waals surface area (Å²) < 4.78 is 11.3. The summed E-state index contributed by atoms with van der Waals surface area (Å²) in [6.45, 7) is 10.5. The quantitative estimate of drug-likeness (QED) is 0.458. The molecule has 0 saturated heterocycles. The largest absolute Gasteiger partial charge is 0.486 e. The second-order valence-electron chi connectivity index (χ2n) is 7.34. The van der Waals surface area contributed by atoms with E-state index in [1.807, 2.05) is 26.0 Å². The number of rotatable bonds is 4. The van der Waals surface area contributed by atoms with E-state index < -0.39 is 0 Å². The van der Waals surface area contributed by atoms with Crippen LogP contribution in [0.25, 0.3) is 11.3 Å². The van der Waals surface area contributed by atoms with E-state index in [1.54, 1.807) is 39.5 Å². The third-order valence-corrected chi connectivity index (χ3v) is 5.10. The second-order valence-corrected chi connectivity index (χ2v) is 7.34. The molecule has 6 nitrogen and oxygen atoms in total. The van der Waals surface area contributed by atoms with Crippen LogP contribution in [0.5, 0.6) is 11.5 Å². The summed E-state index contributed by atoms with van der Waals surface area (Å²) in [5.74, 6) is 1.99. The Balaban J connectivity index is 1.94. The molecule has 146 valence electrons. The van der Waals surface area contributed by atoms with E-state index in [9.17, 15) is 4.79 Å². The van der Waals surface area contributed by atoms with Crippen LogP contribution in [0.2, 0.25) is 0 Å². The molecule has 6 heteroatoms. The van der Waals surface area contributed by atoms with Crippen LogP contribution < -0.4 is 14.0 Å². The molecule has 0 saturated carbocycles. The Hall–Kier alpha value is -2.99. The minimum absolute atomic E-state index is 0.0234. The Morgan fingerprint density at radius 3 is 2.32 bits per heavy atom. The molecule has 1 aliphatic rings. The highest BCUT2D eigenvalue weighted by atomic mass is 16.6. The van der Waals surface area contributed by atoms with Gasteiger partial charge in [-0.1, -0.05) is 12.7 Å². The van der Waals surface area contributed by atoms with E-state index in [4.69, 9.17) is 9.47 Å². The molecule has 1 aromatic heterocycles. The zero-order chi connectivity index (χ0) is 20.5. The summed E-state index contributed by atoms with van der Waals surface area (Å²) >= 11 is 0. The molecule has 2 aromatic rings. The smallest absolute Gasteiger partial charge is 0.347 e. The molecule has 1 aliphatic heterocycles. The number of allylic oxidation sites excluding steroid dienone is 2. The third-order valence-electron chi connectivity index (χ3n) is 5.10. The van der Waals surface area contributed by atoms with E-state index >= 15 is 0 Å². The lowest BCUT2D eigenvalue weighted by molar-refractivity contribution is -0.124. The van der Waals surface area contributed by atoms with E-state index in [0.717, 1.165) is 28.1 Å². The van der Waals surface area contributed by atoms with E-state index in [0.29, 0.717) is 30.4 Å². The van der Waals surface area contributed by atoms with Gasteiger partial charge in [-0.15, -0.1) is 0 Å². The van der Waals surface area contributed by atoms with Gasteiger partial charge in [0.05, 0.1) is 31.6 Å². The van der Waals surface area contributed by atoms with Gasteiger partial charge in [-0.2, -0.15) is 0 Å². The zero-order valence-corrected chi connectivity index (χ0v) is 17.1. The van der Waals surface area contributed by atoms with Gasteiger partial charge in [0.1, 0.15) is 19.4 Å². The molecule has 0 aliphatic carbocycles. The fraction of sp³-hybridized carbons (Fsp3) is 0.318. The average molecular weight is 380 g/mol. The minimum Gasteiger partial charge on any atom is -0.486 e. The first-order chi connectivity index (χ1) is 13.3. The van der Waals surface area contributed by atoms with Crippen LogP contribution in [-0.2, 0) is 4.79 Å². The summed E-state index contributed by atoms with van der Waals surface area (Å²) in [5.41, 5.74) is 4.19. The number of fused-ring (bicyclic) bond motifs is 1. The highest BCUT2D eigenvalue weighted by molar-refractivity contribution is 6.01. The summed E-state index contributed by atoms with van der Waals surface area (Å²) in [6, 6.07) is 3.88. The number of likely N-dealkylation sites (N-methyl/N-ethyl adjacent to an activating group) is 1. The highest BCUT2D eigenvalue weighted by Gasteiger charge is 2.33. The number of ether oxygens (including phenoxy) is 2. The molecule has 1 amide bonds. The molecular formula is C22H26N3O3+. The van der Waals surface area contributed by atoms with Gasteiger partial charge in [-0.05, 0) is 44.0 Å². The van der Waals surface area contributed by atoms with Crippen molar-refractivity contribution in [3.63, 3.8) is 0 Å². The fourth-order valence-corrected chi connectivity index (χ4v) is 3.06. The lowest BCUT2D eigenvalue weighted by atomic mass is 10.0. The van der Waals surface area contributed by atoms with Crippen molar-refractivity contribution in [1.82, 2.24) is 14.5 Å². The van der Waals surface area contributed by atoms with Gasteiger partial charge in [-0.25, -0.2) is 19.2 Å². The van der Waals surface area contributed by atoms with E-state index in [2.05, 4.69) is 16.5 Å². The zero-order valence-electron chi connectivity index (χ0n) is 17.1. The molecular weight excluding hydrogens is 354 g/mol. The maximum atomic E-state index is 12.9. The molecule has 0 unspecified atom stereocenters. The van der Waals surface area contributed by atoms with Crippen molar-refractivity contribution < 1.29 is 14.3 Å². The maximum absolute atomic E-state index is 12.9. The van der Waals surface area contributed by atoms with Crippen LogP contribution in [0.4, 0.5) is 5.82 Å². The van der Waals surface area contributed by atoms with Crippen LogP contribution in [0.3, 0.4) is 0 Å². The second kappa shape index (κ2) is 7.56. The minimum atomic E-state index is -0.0463. The van der Waals surface area contributed by atoms with Crippen molar-refractivity contribution in [3.05, 3.63) is 53.9 Å². The van der Waals surface area contributed by atoms with Gasteiger partial charge in [0.25, 0.3) is 5.82 Å². The number of hydrogen-bond donors (Lipinski definition) is 0.